The summed E-state index contributed by atoms with van der Waals surface area (Å²) in [5.74, 6) is -0.339. The average Bonchev–Trinajstić information content (AvgIpc) is 2.35. The van der Waals surface area contributed by atoms with Crippen LogP contribution in [0.4, 0.5) is 0 Å². The van der Waals surface area contributed by atoms with E-state index in [1.165, 1.54) is 6.07 Å². The quantitative estimate of drug-likeness (QED) is 0.685. The number of nitrogens with one attached hydrogen (secondary N) is 1. The van der Waals surface area contributed by atoms with Crippen LogP contribution in [-0.4, -0.2) is 16.2 Å². The third-order valence-corrected chi connectivity index (χ3v) is 1.39. The third-order valence-electron chi connectivity index (χ3n) is 1.39. The molecule has 5 nitrogen and oxygen atoms in total. The van der Waals surface area contributed by atoms with Crippen LogP contribution in [-0.2, 0) is 11.2 Å². The minimum atomic E-state index is -0.840. The van der Waals surface area contributed by atoms with E-state index in [-0.39, 0.29) is 12.0 Å². The maximum atomic E-state index is 10.5. The summed E-state index contributed by atoms with van der Waals surface area (Å²) < 4.78 is 4.72. The molecule has 1 rings (SSSR count). The molecule has 0 saturated carbocycles. The molecule has 0 amide bonds. The van der Waals surface area contributed by atoms with Crippen LogP contribution in [0.5, 0.6) is 0 Å². The fourth-order valence-corrected chi connectivity index (χ4v) is 0.858. The molecule has 0 unspecified atom stereocenters. The Morgan fingerprint density at radius 1 is 1.67 bits per heavy atom. The number of aliphatic carboxylic acids is 1. The van der Waals surface area contributed by atoms with Crippen molar-refractivity contribution in [3.05, 3.63) is 22.2 Å². The predicted molar refractivity (Wildman–Crippen MR) is 39.9 cm³/mol. The van der Waals surface area contributed by atoms with Crippen molar-refractivity contribution in [3.8, 4) is 0 Å². The Morgan fingerprint density at radius 2 is 2.42 bits per heavy atom. The van der Waals surface area contributed by atoms with Crippen molar-refractivity contribution in [3.63, 3.8) is 0 Å². The molecule has 66 valence electrons. The lowest BCUT2D eigenvalue weighted by Gasteiger charge is -1.91. The first-order valence-electron chi connectivity index (χ1n) is 3.57. The number of hydrogen-bond acceptors (Lipinski definition) is 3. The van der Waals surface area contributed by atoms with Crippen LogP contribution in [0.25, 0.3) is 0 Å². The van der Waals surface area contributed by atoms with Crippen LogP contribution >= 0.6 is 0 Å². The minimum absolute atomic E-state index is 0.0922. The van der Waals surface area contributed by atoms with E-state index in [0.717, 1.165) is 0 Å². The summed E-state index contributed by atoms with van der Waals surface area (Å²) in [7, 11) is 0. The van der Waals surface area contributed by atoms with Gasteiger partial charge in [-0.3, -0.25) is 9.59 Å². The molecule has 0 aromatic carbocycles. The zero-order chi connectivity index (χ0) is 8.97. The topological polar surface area (TPSA) is 83.3 Å². The molecule has 1 heterocycles. The SMILES string of the molecule is O=C(O)CCCc1cc(=O)[nH]o1. The molecule has 0 aliphatic rings. The Balaban J connectivity index is 2.33. The second-order valence-electron chi connectivity index (χ2n) is 2.43. The number of carbonyl (C=O) groups is 1. The van der Waals surface area contributed by atoms with Crippen LogP contribution in [0, 0.1) is 0 Å². The maximum absolute atomic E-state index is 10.5. The number of carboxylic acids is 1. The lowest BCUT2D eigenvalue weighted by Crippen LogP contribution is -1.96. The van der Waals surface area contributed by atoms with Gasteiger partial charge in [0.25, 0.3) is 5.56 Å². The van der Waals surface area contributed by atoms with Gasteiger partial charge in [0.05, 0.1) is 0 Å². The molecule has 0 spiro atoms. The second kappa shape index (κ2) is 3.75. The highest BCUT2D eigenvalue weighted by atomic mass is 16.5. The van der Waals surface area contributed by atoms with E-state index in [2.05, 4.69) is 5.16 Å². The standard InChI is InChI=1S/C7H9NO4/c9-6-4-5(12-8-6)2-1-3-7(10)11/h4H,1-3H2,(H,8,9)(H,10,11). The van der Waals surface area contributed by atoms with Crippen molar-refractivity contribution in [2.45, 2.75) is 19.3 Å². The van der Waals surface area contributed by atoms with Crippen molar-refractivity contribution in [1.29, 1.82) is 0 Å². The Hall–Kier alpha value is -1.52. The van der Waals surface area contributed by atoms with Gasteiger partial charge in [0, 0.05) is 18.9 Å². The van der Waals surface area contributed by atoms with E-state index in [4.69, 9.17) is 9.63 Å². The zero-order valence-electron chi connectivity index (χ0n) is 6.37. The van der Waals surface area contributed by atoms with Gasteiger partial charge in [0.2, 0.25) is 0 Å². The van der Waals surface area contributed by atoms with Crippen LogP contribution in [0.3, 0.4) is 0 Å². The number of hydrogen-bond donors (Lipinski definition) is 2. The molecule has 0 atom stereocenters. The van der Waals surface area contributed by atoms with Crippen molar-refractivity contribution in [2.75, 3.05) is 0 Å². The van der Waals surface area contributed by atoms with Crippen molar-refractivity contribution >= 4 is 5.97 Å². The molecule has 1 aromatic rings. The van der Waals surface area contributed by atoms with Gasteiger partial charge >= 0.3 is 5.97 Å². The Labute approximate surface area is 68.0 Å². The van der Waals surface area contributed by atoms with Gasteiger partial charge in [0.1, 0.15) is 5.76 Å². The van der Waals surface area contributed by atoms with Crippen LogP contribution < -0.4 is 5.56 Å². The van der Waals surface area contributed by atoms with Gasteiger partial charge in [-0.1, -0.05) is 0 Å². The maximum Gasteiger partial charge on any atom is 0.303 e. The van der Waals surface area contributed by atoms with Crippen molar-refractivity contribution in [1.82, 2.24) is 5.16 Å². The molecule has 0 aliphatic carbocycles. The molecule has 0 fully saturated rings. The molecule has 0 radical (unpaired) electrons. The Bertz CT molecular complexity index is 311. The zero-order valence-corrected chi connectivity index (χ0v) is 6.37. The molecule has 2 N–H and O–H groups in total. The van der Waals surface area contributed by atoms with E-state index in [9.17, 15) is 9.59 Å². The van der Waals surface area contributed by atoms with Gasteiger partial charge in [0.15, 0.2) is 0 Å². The molecule has 0 saturated heterocycles. The highest BCUT2D eigenvalue weighted by Gasteiger charge is 2.01. The van der Waals surface area contributed by atoms with Crippen LogP contribution in [0.2, 0.25) is 0 Å². The first-order chi connectivity index (χ1) is 5.68. The first kappa shape index (κ1) is 8.58. The lowest BCUT2D eigenvalue weighted by molar-refractivity contribution is -0.137. The normalized spacial score (nSPS) is 10.0. The van der Waals surface area contributed by atoms with Crippen LogP contribution in [0.15, 0.2) is 15.4 Å². The molecular formula is C7H9NO4. The summed E-state index contributed by atoms with van der Waals surface area (Å²) in [6, 6.07) is 1.32. The molecule has 0 bridgehead atoms. The fourth-order valence-electron chi connectivity index (χ4n) is 0.858. The first-order valence-corrected chi connectivity index (χ1v) is 3.57. The fraction of sp³-hybridized carbons (Fsp3) is 0.429. The van der Waals surface area contributed by atoms with Gasteiger partial charge in [-0.05, 0) is 6.42 Å². The highest BCUT2D eigenvalue weighted by molar-refractivity contribution is 5.66. The highest BCUT2D eigenvalue weighted by Crippen LogP contribution is 2.00. The molecule has 0 aliphatic heterocycles. The largest absolute Gasteiger partial charge is 0.481 e. The number of carboxylic acid groups (broad SMARTS) is 1. The number of aromatic amines is 1. The van der Waals surface area contributed by atoms with Gasteiger partial charge in [-0.2, -0.15) is 5.16 Å². The number of rotatable bonds is 4. The second-order valence-corrected chi connectivity index (χ2v) is 2.43. The van der Waals surface area contributed by atoms with E-state index in [1.54, 1.807) is 0 Å². The van der Waals surface area contributed by atoms with Gasteiger partial charge in [-0.25, -0.2) is 0 Å². The predicted octanol–water partition coefficient (Wildman–Crippen LogP) is 0.375. The Morgan fingerprint density at radius 3 is 2.92 bits per heavy atom. The summed E-state index contributed by atoms with van der Waals surface area (Å²) in [5.41, 5.74) is -0.291. The van der Waals surface area contributed by atoms with E-state index in [0.29, 0.717) is 18.6 Å². The van der Waals surface area contributed by atoms with Gasteiger partial charge in [-0.15, -0.1) is 0 Å². The van der Waals surface area contributed by atoms with Crippen LogP contribution in [0.1, 0.15) is 18.6 Å². The monoisotopic (exact) mass is 171 g/mol. The summed E-state index contributed by atoms with van der Waals surface area (Å²) in [6.45, 7) is 0. The summed E-state index contributed by atoms with van der Waals surface area (Å²) in [5, 5.41) is 10.4. The molecule has 12 heavy (non-hydrogen) atoms. The molecule has 1 aromatic heterocycles. The number of H-pyrrole nitrogens is 1. The lowest BCUT2D eigenvalue weighted by atomic mass is 10.2. The Kier molecular flexibility index (Phi) is 2.68. The number of aryl methyl sites for hydroxylation is 1. The summed E-state index contributed by atoms with van der Waals surface area (Å²) >= 11 is 0. The van der Waals surface area contributed by atoms with E-state index >= 15 is 0 Å². The third kappa shape index (κ3) is 2.61. The number of aromatic nitrogens is 1. The smallest absolute Gasteiger partial charge is 0.303 e. The summed E-state index contributed by atoms with van der Waals surface area (Å²) in [6.07, 6.45) is 1.05. The molecule has 5 heteroatoms. The van der Waals surface area contributed by atoms with E-state index in [1.807, 2.05) is 0 Å². The minimum Gasteiger partial charge on any atom is -0.481 e. The van der Waals surface area contributed by atoms with Gasteiger partial charge < -0.3 is 9.63 Å². The van der Waals surface area contributed by atoms with Crippen molar-refractivity contribution < 1.29 is 14.4 Å². The molecular weight excluding hydrogens is 162 g/mol. The average molecular weight is 171 g/mol. The summed E-state index contributed by atoms with van der Waals surface area (Å²) in [4.78, 5) is 20.6. The van der Waals surface area contributed by atoms with E-state index < -0.39 is 5.97 Å². The van der Waals surface area contributed by atoms with Crippen molar-refractivity contribution in [2.24, 2.45) is 0 Å².